The Hall–Kier alpha value is -0.160. The molecule has 83 valence electrons. The second kappa shape index (κ2) is 6.35. The summed E-state index contributed by atoms with van der Waals surface area (Å²) in [6.45, 7) is 3.64. The summed E-state index contributed by atoms with van der Waals surface area (Å²) < 4.78 is 0. The van der Waals surface area contributed by atoms with Crippen molar-refractivity contribution in [2.24, 2.45) is 5.92 Å². The standard InChI is InChI=1S/C10H21N2O2/c1-2-9(14)6-12-10-5-8(7-13)3-4-11-10/h8-10,12-14H,2-7H2,1H3. The average Bonchev–Trinajstić information content (AvgIpc) is 2.26. The third-order valence-electron chi connectivity index (χ3n) is 2.76. The molecule has 0 aromatic heterocycles. The zero-order valence-electron chi connectivity index (χ0n) is 8.82. The minimum Gasteiger partial charge on any atom is -0.396 e. The van der Waals surface area contributed by atoms with Gasteiger partial charge in [-0.1, -0.05) is 6.92 Å². The van der Waals surface area contributed by atoms with E-state index < -0.39 is 0 Å². The molecular weight excluding hydrogens is 180 g/mol. The number of hydrogen-bond acceptors (Lipinski definition) is 3. The van der Waals surface area contributed by atoms with Crippen LogP contribution in [0.3, 0.4) is 0 Å². The fraction of sp³-hybridized carbons (Fsp3) is 1.00. The molecule has 0 amide bonds. The van der Waals surface area contributed by atoms with E-state index in [0.717, 1.165) is 25.8 Å². The number of nitrogens with zero attached hydrogens (tertiary/aromatic N) is 1. The molecule has 14 heavy (non-hydrogen) atoms. The van der Waals surface area contributed by atoms with E-state index in [-0.39, 0.29) is 18.9 Å². The van der Waals surface area contributed by atoms with Crippen molar-refractivity contribution in [2.75, 3.05) is 19.7 Å². The fourth-order valence-electron chi connectivity index (χ4n) is 1.65. The molecule has 0 saturated carbocycles. The smallest absolute Gasteiger partial charge is 0.0740 e. The van der Waals surface area contributed by atoms with Crippen LogP contribution < -0.4 is 10.6 Å². The van der Waals surface area contributed by atoms with Crippen molar-refractivity contribution in [1.29, 1.82) is 0 Å². The van der Waals surface area contributed by atoms with E-state index in [2.05, 4.69) is 10.6 Å². The van der Waals surface area contributed by atoms with Gasteiger partial charge in [-0.25, -0.2) is 5.32 Å². The third-order valence-corrected chi connectivity index (χ3v) is 2.76. The minimum atomic E-state index is -0.278. The number of aliphatic hydroxyl groups excluding tert-OH is 2. The molecule has 1 radical (unpaired) electrons. The van der Waals surface area contributed by atoms with Crippen LogP contribution in [0.2, 0.25) is 0 Å². The number of piperidine rings is 1. The van der Waals surface area contributed by atoms with Crippen LogP contribution in [-0.2, 0) is 0 Å². The van der Waals surface area contributed by atoms with Crippen molar-refractivity contribution in [3.63, 3.8) is 0 Å². The van der Waals surface area contributed by atoms with Crippen molar-refractivity contribution < 1.29 is 10.2 Å². The maximum absolute atomic E-state index is 9.36. The first-order chi connectivity index (χ1) is 6.76. The highest BCUT2D eigenvalue weighted by molar-refractivity contribution is 4.76. The molecule has 0 aromatic rings. The Bertz CT molecular complexity index is 155. The van der Waals surface area contributed by atoms with E-state index in [1.165, 1.54) is 0 Å². The van der Waals surface area contributed by atoms with Crippen LogP contribution in [0.1, 0.15) is 26.2 Å². The maximum atomic E-state index is 9.36. The fourth-order valence-corrected chi connectivity index (χ4v) is 1.65. The molecule has 1 rings (SSSR count). The van der Waals surface area contributed by atoms with Crippen molar-refractivity contribution >= 4 is 0 Å². The summed E-state index contributed by atoms with van der Waals surface area (Å²) in [5.74, 6) is 0.378. The molecule has 3 unspecified atom stereocenters. The van der Waals surface area contributed by atoms with Gasteiger partial charge in [0.25, 0.3) is 0 Å². The topological polar surface area (TPSA) is 66.6 Å². The first kappa shape index (κ1) is 11.9. The van der Waals surface area contributed by atoms with E-state index in [9.17, 15) is 5.11 Å². The van der Waals surface area contributed by atoms with E-state index in [1.54, 1.807) is 0 Å². The molecule has 1 heterocycles. The monoisotopic (exact) mass is 201 g/mol. The Morgan fingerprint density at radius 1 is 1.57 bits per heavy atom. The molecule has 1 aliphatic heterocycles. The molecule has 0 aromatic carbocycles. The molecule has 1 fully saturated rings. The Kier molecular flexibility index (Phi) is 5.40. The van der Waals surface area contributed by atoms with Gasteiger partial charge in [0.15, 0.2) is 0 Å². The zero-order valence-corrected chi connectivity index (χ0v) is 8.82. The Morgan fingerprint density at radius 2 is 2.36 bits per heavy atom. The van der Waals surface area contributed by atoms with Gasteiger partial charge in [0.05, 0.1) is 12.3 Å². The lowest BCUT2D eigenvalue weighted by molar-refractivity contribution is 0.135. The molecule has 0 aliphatic carbocycles. The van der Waals surface area contributed by atoms with Crippen LogP contribution in [-0.4, -0.2) is 42.2 Å². The summed E-state index contributed by atoms with van der Waals surface area (Å²) >= 11 is 0. The van der Waals surface area contributed by atoms with E-state index in [0.29, 0.717) is 12.5 Å². The molecule has 1 saturated heterocycles. The predicted molar refractivity (Wildman–Crippen MR) is 54.9 cm³/mol. The highest BCUT2D eigenvalue weighted by Gasteiger charge is 2.21. The summed E-state index contributed by atoms with van der Waals surface area (Å²) in [5.41, 5.74) is 0. The average molecular weight is 201 g/mol. The SMILES string of the molecule is CCC(O)CNC1CC(CO)CC[N]1. The van der Waals surface area contributed by atoms with E-state index in [1.807, 2.05) is 6.92 Å². The summed E-state index contributed by atoms with van der Waals surface area (Å²) in [6.07, 6.45) is 2.50. The number of rotatable bonds is 5. The lowest BCUT2D eigenvalue weighted by Crippen LogP contribution is -2.46. The Balaban J connectivity index is 2.17. The second-order valence-electron chi connectivity index (χ2n) is 3.97. The molecule has 3 N–H and O–H groups in total. The number of hydrogen-bond donors (Lipinski definition) is 3. The van der Waals surface area contributed by atoms with Gasteiger partial charge in [0.1, 0.15) is 0 Å². The Labute approximate surface area is 85.7 Å². The van der Waals surface area contributed by atoms with Crippen LogP contribution in [0, 0.1) is 5.92 Å². The molecule has 4 heteroatoms. The van der Waals surface area contributed by atoms with Crippen molar-refractivity contribution in [2.45, 2.75) is 38.5 Å². The quantitative estimate of drug-likeness (QED) is 0.571. The van der Waals surface area contributed by atoms with Gasteiger partial charge in [-0.2, -0.15) is 0 Å². The van der Waals surface area contributed by atoms with Gasteiger partial charge in [-0.05, 0) is 25.2 Å². The zero-order chi connectivity index (χ0) is 10.4. The summed E-state index contributed by atoms with van der Waals surface area (Å²) in [7, 11) is 0. The first-order valence-electron chi connectivity index (χ1n) is 5.45. The molecule has 4 nitrogen and oxygen atoms in total. The molecule has 1 aliphatic rings. The summed E-state index contributed by atoms with van der Waals surface area (Å²) in [4.78, 5) is 0. The van der Waals surface area contributed by atoms with Crippen LogP contribution >= 0.6 is 0 Å². The maximum Gasteiger partial charge on any atom is 0.0740 e. The van der Waals surface area contributed by atoms with Gasteiger partial charge in [-0.3, -0.25) is 5.32 Å². The van der Waals surface area contributed by atoms with Crippen molar-refractivity contribution in [3.05, 3.63) is 0 Å². The van der Waals surface area contributed by atoms with Crippen LogP contribution in [0.15, 0.2) is 0 Å². The van der Waals surface area contributed by atoms with Crippen LogP contribution in [0.4, 0.5) is 0 Å². The van der Waals surface area contributed by atoms with E-state index >= 15 is 0 Å². The number of nitrogens with one attached hydrogen (secondary N) is 1. The lowest BCUT2D eigenvalue weighted by Gasteiger charge is -2.29. The van der Waals surface area contributed by atoms with Gasteiger partial charge >= 0.3 is 0 Å². The van der Waals surface area contributed by atoms with Crippen molar-refractivity contribution in [1.82, 2.24) is 10.6 Å². The molecule has 3 atom stereocenters. The lowest BCUT2D eigenvalue weighted by atomic mass is 9.97. The van der Waals surface area contributed by atoms with Gasteiger partial charge in [-0.15, -0.1) is 0 Å². The second-order valence-corrected chi connectivity index (χ2v) is 3.97. The summed E-state index contributed by atoms with van der Waals surface area (Å²) in [6, 6.07) is 0. The van der Waals surface area contributed by atoms with Gasteiger partial charge in [0.2, 0.25) is 0 Å². The first-order valence-corrected chi connectivity index (χ1v) is 5.45. The molecular formula is C10H21N2O2. The van der Waals surface area contributed by atoms with E-state index in [4.69, 9.17) is 5.11 Å². The Morgan fingerprint density at radius 3 is 3.00 bits per heavy atom. The van der Waals surface area contributed by atoms with Crippen molar-refractivity contribution in [3.8, 4) is 0 Å². The number of aliphatic hydroxyl groups is 2. The normalized spacial score (nSPS) is 30.2. The minimum absolute atomic E-state index is 0.127. The van der Waals surface area contributed by atoms with Gasteiger partial charge in [0, 0.05) is 19.7 Å². The largest absolute Gasteiger partial charge is 0.396 e. The third kappa shape index (κ3) is 3.92. The summed E-state index contributed by atoms with van der Waals surface area (Å²) in [5, 5.41) is 26.0. The molecule has 0 spiro atoms. The van der Waals surface area contributed by atoms with Crippen LogP contribution in [0.5, 0.6) is 0 Å². The highest BCUT2D eigenvalue weighted by atomic mass is 16.3. The predicted octanol–water partition coefficient (Wildman–Crippen LogP) is -0.320. The van der Waals surface area contributed by atoms with Gasteiger partial charge < -0.3 is 10.2 Å². The van der Waals surface area contributed by atoms with Crippen LogP contribution in [0.25, 0.3) is 0 Å². The molecule has 0 bridgehead atoms. The highest BCUT2D eigenvalue weighted by Crippen LogP contribution is 2.14.